The first-order valence-electron chi connectivity index (χ1n) is 10.5. The molecule has 4 N–H and O–H groups in total. The number of ketones is 1. The maximum atomic E-state index is 12.9. The lowest BCUT2D eigenvalue weighted by atomic mass is 9.85. The number of carbonyl (C=O) groups is 2. The van der Waals surface area contributed by atoms with E-state index < -0.39 is 0 Å². The fourth-order valence-corrected chi connectivity index (χ4v) is 5.03. The molecule has 31 heavy (non-hydrogen) atoms. The Morgan fingerprint density at radius 1 is 1.32 bits per heavy atom. The van der Waals surface area contributed by atoms with E-state index >= 15 is 0 Å². The van der Waals surface area contributed by atoms with E-state index in [1.165, 1.54) is 12.8 Å². The van der Waals surface area contributed by atoms with Crippen molar-refractivity contribution in [3.8, 4) is 11.1 Å². The van der Waals surface area contributed by atoms with Gasteiger partial charge in [-0.2, -0.15) is 0 Å². The number of nitrogens with zero attached hydrogens (tertiary/aromatic N) is 2. The predicted molar refractivity (Wildman–Crippen MR) is 118 cm³/mol. The minimum Gasteiger partial charge on any atom is -0.483 e. The Morgan fingerprint density at radius 3 is 2.48 bits per heavy atom. The molecule has 0 saturated carbocycles. The zero-order valence-electron chi connectivity index (χ0n) is 18.2. The highest BCUT2D eigenvalue weighted by Gasteiger charge is 2.39. The summed E-state index contributed by atoms with van der Waals surface area (Å²) in [6.45, 7) is 3.49. The Hall–Kier alpha value is -3.00. The number of nitrogens with two attached hydrogens (primary N) is 1. The normalized spacial score (nSPS) is 22.5. The smallest absolute Gasteiger partial charge is 0.290 e. The third-order valence-electron chi connectivity index (χ3n) is 6.59. The molecule has 3 heterocycles. The van der Waals surface area contributed by atoms with Gasteiger partial charge in [0.15, 0.2) is 5.78 Å². The van der Waals surface area contributed by atoms with Crippen molar-refractivity contribution in [2.24, 2.45) is 5.92 Å². The van der Waals surface area contributed by atoms with Gasteiger partial charge in [0.1, 0.15) is 11.5 Å². The summed E-state index contributed by atoms with van der Waals surface area (Å²) >= 11 is 0. The van der Waals surface area contributed by atoms with Crippen LogP contribution in [0.3, 0.4) is 0 Å². The SMILES string of the molecule is Cc1noc(C)c1-c1ccc(N)c(C(=N)C(=O)CC2CC3CCC(C2)N3C)c1.O=CO. The maximum absolute atomic E-state index is 12.9. The topological polar surface area (TPSA) is 134 Å². The number of nitrogens with one attached hydrogen (secondary N) is 1. The molecule has 1 aromatic heterocycles. The largest absolute Gasteiger partial charge is 0.483 e. The van der Waals surface area contributed by atoms with Crippen molar-refractivity contribution in [2.75, 3.05) is 12.8 Å². The second-order valence-corrected chi connectivity index (χ2v) is 8.50. The zero-order valence-corrected chi connectivity index (χ0v) is 18.2. The standard InChI is InChI=1S/C22H28N4O2.CH2O2/c1-12-21(13(2)28-25-12)15-4-7-19(23)18(11-15)22(24)20(27)10-14-8-16-5-6-17(9-14)26(16)3;2-1-3/h4,7,11,14,16-17,24H,5-6,8-10,23H2,1-3H3;1H,(H,2,3). The highest BCUT2D eigenvalue weighted by Crippen LogP contribution is 2.39. The third-order valence-corrected chi connectivity index (χ3v) is 6.59. The van der Waals surface area contributed by atoms with Crippen LogP contribution in [0.1, 0.15) is 49.1 Å². The Balaban J connectivity index is 0.000000858. The molecule has 2 fully saturated rings. The lowest BCUT2D eigenvalue weighted by molar-refractivity contribution is -0.123. The zero-order chi connectivity index (χ0) is 22.7. The van der Waals surface area contributed by atoms with E-state index in [2.05, 4.69) is 17.1 Å². The number of Topliss-reactive ketones (excluding diaryl/α,β-unsaturated/α-hetero) is 1. The van der Waals surface area contributed by atoms with Crippen LogP contribution in [0.15, 0.2) is 22.7 Å². The van der Waals surface area contributed by atoms with Gasteiger partial charge in [-0.3, -0.25) is 15.0 Å². The van der Waals surface area contributed by atoms with Gasteiger partial charge in [0.25, 0.3) is 6.47 Å². The first-order valence-corrected chi connectivity index (χ1v) is 10.5. The van der Waals surface area contributed by atoms with Crippen LogP contribution in [0.4, 0.5) is 5.69 Å². The fraction of sp³-hybridized carbons (Fsp3) is 0.478. The van der Waals surface area contributed by atoms with Crippen molar-refractivity contribution in [1.29, 1.82) is 5.41 Å². The summed E-state index contributed by atoms with van der Waals surface area (Å²) in [5, 5.41) is 19.4. The summed E-state index contributed by atoms with van der Waals surface area (Å²) in [4.78, 5) is 23.7. The molecule has 2 atom stereocenters. The lowest BCUT2D eigenvalue weighted by Crippen LogP contribution is -2.40. The van der Waals surface area contributed by atoms with Crippen molar-refractivity contribution in [1.82, 2.24) is 10.1 Å². The summed E-state index contributed by atoms with van der Waals surface area (Å²) in [5.74, 6) is 0.970. The number of carboxylic acid groups (broad SMARTS) is 1. The Kier molecular flexibility index (Phi) is 6.90. The van der Waals surface area contributed by atoms with Crippen LogP contribution in [-0.2, 0) is 9.59 Å². The van der Waals surface area contributed by atoms with Crippen LogP contribution in [0.5, 0.6) is 0 Å². The minimum atomic E-state index is -0.250. The number of hydrogen-bond donors (Lipinski definition) is 3. The van der Waals surface area contributed by atoms with Crippen LogP contribution in [0, 0.1) is 25.2 Å². The van der Waals surface area contributed by atoms with Crippen LogP contribution in [-0.4, -0.2) is 52.3 Å². The van der Waals surface area contributed by atoms with Crippen LogP contribution in [0.2, 0.25) is 0 Å². The number of aryl methyl sites for hydroxylation is 2. The number of carbonyl (C=O) groups excluding carboxylic acids is 1. The number of rotatable bonds is 5. The summed E-state index contributed by atoms with van der Waals surface area (Å²) in [7, 11) is 2.20. The lowest BCUT2D eigenvalue weighted by Gasteiger charge is -2.36. The molecule has 8 nitrogen and oxygen atoms in total. The van der Waals surface area contributed by atoms with Crippen molar-refractivity contribution in [3.63, 3.8) is 0 Å². The molecule has 2 aromatic rings. The average molecular weight is 427 g/mol. The Labute approximate surface area is 181 Å². The molecule has 2 aliphatic heterocycles. The predicted octanol–water partition coefficient (Wildman–Crippen LogP) is 3.44. The van der Waals surface area contributed by atoms with E-state index in [9.17, 15) is 4.79 Å². The Morgan fingerprint density at radius 2 is 1.94 bits per heavy atom. The molecule has 166 valence electrons. The summed E-state index contributed by atoms with van der Waals surface area (Å²) < 4.78 is 5.26. The quantitative estimate of drug-likeness (QED) is 0.379. The van der Waals surface area contributed by atoms with E-state index in [0.29, 0.717) is 41.4 Å². The molecule has 4 rings (SSSR count). The summed E-state index contributed by atoms with van der Waals surface area (Å²) in [5.41, 5.74) is 9.64. The summed E-state index contributed by atoms with van der Waals surface area (Å²) in [6, 6.07) is 6.66. The number of fused-ring (bicyclic) bond motifs is 2. The minimum absolute atomic E-state index is 0.0115. The molecule has 0 aliphatic carbocycles. The number of piperidine rings is 1. The van der Waals surface area contributed by atoms with Gasteiger partial charge in [0.05, 0.1) is 5.69 Å². The van der Waals surface area contributed by atoms with Gasteiger partial charge in [-0.1, -0.05) is 11.2 Å². The molecule has 1 aromatic carbocycles. The molecular weight excluding hydrogens is 396 g/mol. The second kappa shape index (κ2) is 9.43. The van der Waals surface area contributed by atoms with Gasteiger partial charge in [-0.05, 0) is 70.2 Å². The molecule has 0 amide bonds. The van der Waals surface area contributed by atoms with Gasteiger partial charge in [0.2, 0.25) is 0 Å². The van der Waals surface area contributed by atoms with Crippen molar-refractivity contribution < 1.29 is 19.2 Å². The first-order chi connectivity index (χ1) is 14.8. The van der Waals surface area contributed by atoms with E-state index in [-0.39, 0.29) is 18.0 Å². The number of nitrogen functional groups attached to an aromatic ring is 1. The molecule has 2 bridgehead atoms. The van der Waals surface area contributed by atoms with Gasteiger partial charge < -0.3 is 20.3 Å². The molecule has 2 unspecified atom stereocenters. The maximum Gasteiger partial charge on any atom is 0.290 e. The first kappa shape index (κ1) is 22.7. The van der Waals surface area contributed by atoms with Crippen molar-refractivity contribution in [2.45, 2.75) is 58.0 Å². The van der Waals surface area contributed by atoms with Gasteiger partial charge in [-0.25, -0.2) is 0 Å². The highest BCUT2D eigenvalue weighted by molar-refractivity contribution is 6.46. The molecule has 0 spiro atoms. The van der Waals surface area contributed by atoms with Crippen molar-refractivity contribution in [3.05, 3.63) is 35.2 Å². The van der Waals surface area contributed by atoms with E-state index in [1.807, 2.05) is 26.0 Å². The second-order valence-electron chi connectivity index (χ2n) is 8.50. The molecule has 2 saturated heterocycles. The summed E-state index contributed by atoms with van der Waals surface area (Å²) in [6.07, 6.45) is 5.02. The monoisotopic (exact) mass is 426 g/mol. The van der Waals surface area contributed by atoms with E-state index in [4.69, 9.17) is 25.6 Å². The Bertz CT molecular complexity index is 950. The van der Waals surface area contributed by atoms with Crippen molar-refractivity contribution >= 4 is 23.7 Å². The fourth-order valence-electron chi connectivity index (χ4n) is 5.03. The van der Waals surface area contributed by atoms with Crippen LogP contribution >= 0.6 is 0 Å². The molecular formula is C23H30N4O4. The number of aromatic nitrogens is 1. The molecule has 0 radical (unpaired) electrons. The third kappa shape index (κ3) is 4.69. The average Bonchev–Trinajstić information content (AvgIpc) is 3.15. The van der Waals surface area contributed by atoms with Crippen LogP contribution < -0.4 is 5.73 Å². The van der Waals surface area contributed by atoms with E-state index in [1.54, 1.807) is 6.07 Å². The molecule has 2 aliphatic rings. The number of hydrogen-bond acceptors (Lipinski definition) is 7. The highest BCUT2D eigenvalue weighted by atomic mass is 16.5. The molecule has 8 heteroatoms. The van der Waals surface area contributed by atoms with Gasteiger partial charge in [0, 0.05) is 35.3 Å². The van der Waals surface area contributed by atoms with Crippen LogP contribution in [0.25, 0.3) is 11.1 Å². The van der Waals surface area contributed by atoms with E-state index in [0.717, 1.165) is 29.7 Å². The number of anilines is 1. The number of benzene rings is 1. The van der Waals surface area contributed by atoms with Gasteiger partial charge >= 0.3 is 0 Å². The van der Waals surface area contributed by atoms with Gasteiger partial charge in [-0.15, -0.1) is 0 Å².